The van der Waals surface area contributed by atoms with Gasteiger partial charge in [-0.15, -0.1) is 0 Å². The predicted octanol–water partition coefficient (Wildman–Crippen LogP) is 6.10. The third-order valence-electron chi connectivity index (χ3n) is 7.88. The summed E-state index contributed by atoms with van der Waals surface area (Å²) in [7, 11) is 5.02. The minimum Gasteiger partial charge on any atom is -0.496 e. The summed E-state index contributed by atoms with van der Waals surface area (Å²) < 4.78 is 40.9. The van der Waals surface area contributed by atoms with Gasteiger partial charge in [0.25, 0.3) is 0 Å². The Morgan fingerprint density at radius 1 is 0.727 bits per heavy atom. The number of methoxy groups -OCH3 is 3. The van der Waals surface area contributed by atoms with Gasteiger partial charge in [0.05, 0.1) is 52.9 Å². The lowest BCUT2D eigenvalue weighted by Crippen LogP contribution is -2.50. The zero-order valence-electron chi connectivity index (χ0n) is 25.8. The van der Waals surface area contributed by atoms with E-state index >= 15 is 0 Å². The van der Waals surface area contributed by atoms with Gasteiger partial charge in [-0.1, -0.05) is 54.6 Å². The average molecular weight is 602 g/mol. The topological polar surface area (TPSA) is 76.6 Å². The smallest absolute Gasteiger partial charge is 0.146 e. The molecule has 2 unspecified atom stereocenters. The Morgan fingerprint density at radius 2 is 1.48 bits per heavy atom. The van der Waals surface area contributed by atoms with Crippen LogP contribution in [0.15, 0.2) is 84.9 Å². The highest BCUT2D eigenvalue weighted by Gasteiger charge is 2.36. The van der Waals surface area contributed by atoms with Crippen molar-refractivity contribution in [3.05, 3.63) is 102 Å². The number of piperidine rings is 1. The highest BCUT2D eigenvalue weighted by atomic mass is 16.7. The van der Waals surface area contributed by atoms with E-state index in [2.05, 4.69) is 41.7 Å². The van der Waals surface area contributed by atoms with Crippen LogP contribution in [-0.2, 0) is 32.2 Å². The van der Waals surface area contributed by atoms with Crippen LogP contribution in [0.4, 0.5) is 0 Å². The van der Waals surface area contributed by atoms with Crippen LogP contribution in [0.2, 0.25) is 0 Å². The molecule has 4 aromatic rings. The number of ether oxygens (including phenoxy) is 7. The zero-order chi connectivity index (χ0) is 30.6. The lowest BCUT2D eigenvalue weighted by atomic mass is 9.85. The maximum Gasteiger partial charge on any atom is 0.146 e. The van der Waals surface area contributed by atoms with Crippen LogP contribution in [0.5, 0.6) is 17.2 Å². The summed E-state index contributed by atoms with van der Waals surface area (Å²) in [4.78, 5) is 0. The van der Waals surface area contributed by atoms with Crippen molar-refractivity contribution in [3.8, 4) is 17.2 Å². The molecule has 8 nitrogen and oxygen atoms in total. The van der Waals surface area contributed by atoms with Gasteiger partial charge in [-0.05, 0) is 46.8 Å². The minimum atomic E-state index is -0.105. The number of para-hydroxylation sites is 1. The first kappa shape index (κ1) is 31.8. The Morgan fingerprint density at radius 3 is 2.27 bits per heavy atom. The second-order valence-corrected chi connectivity index (χ2v) is 10.8. The summed E-state index contributed by atoms with van der Waals surface area (Å²) in [6.45, 7) is 3.79. The molecule has 5 rings (SSSR count). The fraction of sp³-hybridized carbons (Fsp3) is 0.389. The molecule has 1 saturated heterocycles. The first-order chi connectivity index (χ1) is 21.7. The Bertz CT molecular complexity index is 1440. The molecule has 3 atom stereocenters. The second-order valence-electron chi connectivity index (χ2n) is 10.8. The van der Waals surface area contributed by atoms with Crippen molar-refractivity contribution in [3.63, 3.8) is 0 Å². The number of rotatable bonds is 16. The van der Waals surface area contributed by atoms with Crippen LogP contribution in [-0.4, -0.2) is 66.6 Å². The van der Waals surface area contributed by atoms with E-state index in [1.54, 1.807) is 21.3 Å². The third kappa shape index (κ3) is 8.28. The van der Waals surface area contributed by atoms with Crippen molar-refractivity contribution >= 4 is 10.8 Å². The maximum absolute atomic E-state index is 6.58. The highest BCUT2D eigenvalue weighted by Crippen LogP contribution is 2.33. The van der Waals surface area contributed by atoms with E-state index in [1.165, 1.54) is 0 Å². The third-order valence-corrected chi connectivity index (χ3v) is 7.88. The molecule has 44 heavy (non-hydrogen) atoms. The second kappa shape index (κ2) is 16.4. The molecule has 1 fully saturated rings. The molecule has 0 bridgehead atoms. The average Bonchev–Trinajstić information content (AvgIpc) is 3.08. The molecule has 0 spiro atoms. The molecule has 0 aromatic heterocycles. The standard InChI is InChI=1S/C36H43NO7/c1-38-25-44-35-22-37-21-34(43-23-26-19-28-9-4-6-11-31(28)33(20-26)40-3)36(35)27-13-15-30(16-14-27)42-18-8-17-41-24-29-10-5-7-12-32(29)39-2/h4-7,9-16,19-20,34-37H,8,17-18,21-25H2,1-3H3/t34?,35?,36-/m1/s1. The predicted molar refractivity (Wildman–Crippen MR) is 171 cm³/mol. The number of hydrogen-bond acceptors (Lipinski definition) is 8. The summed E-state index contributed by atoms with van der Waals surface area (Å²) in [5, 5.41) is 5.70. The highest BCUT2D eigenvalue weighted by molar-refractivity contribution is 5.89. The number of benzene rings is 4. The largest absolute Gasteiger partial charge is 0.496 e. The maximum atomic E-state index is 6.58. The molecule has 234 valence electrons. The molecule has 1 N–H and O–H groups in total. The molecule has 0 aliphatic carbocycles. The normalized spacial score (nSPS) is 18.3. The van der Waals surface area contributed by atoms with Gasteiger partial charge in [0, 0.05) is 43.5 Å². The van der Waals surface area contributed by atoms with Crippen LogP contribution < -0.4 is 19.5 Å². The molecule has 1 aliphatic heterocycles. The summed E-state index contributed by atoms with van der Waals surface area (Å²) >= 11 is 0. The van der Waals surface area contributed by atoms with E-state index in [-0.39, 0.29) is 24.9 Å². The van der Waals surface area contributed by atoms with E-state index in [0.29, 0.717) is 33.0 Å². The fourth-order valence-electron chi connectivity index (χ4n) is 5.70. The van der Waals surface area contributed by atoms with Crippen molar-refractivity contribution < 1.29 is 33.2 Å². The Labute approximate surface area is 260 Å². The van der Waals surface area contributed by atoms with Gasteiger partial charge in [0.15, 0.2) is 0 Å². The van der Waals surface area contributed by atoms with E-state index in [1.807, 2.05) is 48.5 Å². The van der Waals surface area contributed by atoms with Crippen LogP contribution in [0.25, 0.3) is 10.8 Å². The van der Waals surface area contributed by atoms with Crippen molar-refractivity contribution in [1.82, 2.24) is 5.32 Å². The molecule has 0 amide bonds. The number of nitrogens with one attached hydrogen (secondary N) is 1. The number of fused-ring (bicyclic) bond motifs is 1. The van der Waals surface area contributed by atoms with Gasteiger partial charge in [0.2, 0.25) is 0 Å². The lowest BCUT2D eigenvalue weighted by molar-refractivity contribution is -0.113. The molecule has 1 heterocycles. The van der Waals surface area contributed by atoms with Gasteiger partial charge in [-0.25, -0.2) is 0 Å². The van der Waals surface area contributed by atoms with Gasteiger partial charge in [-0.3, -0.25) is 0 Å². The van der Waals surface area contributed by atoms with Crippen molar-refractivity contribution in [2.45, 2.75) is 37.8 Å². The quantitative estimate of drug-likeness (QED) is 0.122. The van der Waals surface area contributed by atoms with Crippen molar-refractivity contribution in [2.75, 3.05) is 54.4 Å². The van der Waals surface area contributed by atoms with Crippen molar-refractivity contribution in [1.29, 1.82) is 0 Å². The summed E-state index contributed by atoms with van der Waals surface area (Å²) in [5.74, 6) is 2.53. The monoisotopic (exact) mass is 601 g/mol. The lowest BCUT2D eigenvalue weighted by Gasteiger charge is -2.38. The van der Waals surface area contributed by atoms with Crippen LogP contribution >= 0.6 is 0 Å². The molecule has 1 aliphatic rings. The molecule has 8 heteroatoms. The SMILES string of the molecule is COCOC1CNCC(OCc2cc(OC)c3ccccc3c2)[C@H]1c1ccc(OCCCOCc2ccccc2OC)cc1. The summed E-state index contributed by atoms with van der Waals surface area (Å²) in [5.41, 5.74) is 3.24. The zero-order valence-corrected chi connectivity index (χ0v) is 25.8. The minimum absolute atomic E-state index is 0.0196. The molecule has 4 aromatic carbocycles. The summed E-state index contributed by atoms with van der Waals surface area (Å²) in [6, 6.07) is 28.6. The van der Waals surface area contributed by atoms with Crippen LogP contribution in [0, 0.1) is 0 Å². The van der Waals surface area contributed by atoms with Gasteiger partial charge < -0.3 is 38.5 Å². The van der Waals surface area contributed by atoms with Gasteiger partial charge >= 0.3 is 0 Å². The van der Waals surface area contributed by atoms with Gasteiger partial charge in [0.1, 0.15) is 24.0 Å². The van der Waals surface area contributed by atoms with E-state index < -0.39 is 0 Å². The Balaban J connectivity index is 1.18. The summed E-state index contributed by atoms with van der Waals surface area (Å²) in [6.07, 6.45) is 0.579. The first-order valence-corrected chi connectivity index (χ1v) is 15.1. The van der Waals surface area contributed by atoms with Gasteiger partial charge in [-0.2, -0.15) is 0 Å². The Hall–Kier alpha value is -3.66. The van der Waals surface area contributed by atoms with Crippen LogP contribution in [0.3, 0.4) is 0 Å². The molecular formula is C36H43NO7. The molecule has 0 saturated carbocycles. The first-order valence-electron chi connectivity index (χ1n) is 15.1. The molecular weight excluding hydrogens is 558 g/mol. The van der Waals surface area contributed by atoms with E-state index in [4.69, 9.17) is 33.2 Å². The van der Waals surface area contributed by atoms with E-state index in [0.717, 1.165) is 57.7 Å². The fourth-order valence-corrected chi connectivity index (χ4v) is 5.70. The van der Waals surface area contributed by atoms with E-state index in [9.17, 15) is 0 Å². The number of hydrogen-bond donors (Lipinski definition) is 1. The van der Waals surface area contributed by atoms with Crippen LogP contribution in [0.1, 0.15) is 29.0 Å². The Kier molecular flexibility index (Phi) is 11.9. The van der Waals surface area contributed by atoms with Crippen molar-refractivity contribution in [2.24, 2.45) is 0 Å². The molecule has 0 radical (unpaired) electrons.